The second kappa shape index (κ2) is 8.63. The van der Waals surface area contributed by atoms with Crippen LogP contribution in [0, 0.1) is 0 Å². The smallest absolute Gasteiger partial charge is 0.450 e. The highest BCUT2D eigenvalue weighted by atomic mass is 16.6. The van der Waals surface area contributed by atoms with Crippen molar-refractivity contribution in [2.24, 2.45) is 0 Å². The Bertz CT molecular complexity index is 190. The van der Waals surface area contributed by atoms with Crippen molar-refractivity contribution in [3.63, 3.8) is 0 Å². The zero-order valence-corrected chi connectivity index (χ0v) is 11.0. The van der Waals surface area contributed by atoms with Crippen molar-refractivity contribution in [1.29, 1.82) is 0 Å². The average molecular weight is 254 g/mol. The van der Waals surface area contributed by atoms with Crippen LogP contribution in [0.3, 0.4) is 0 Å². The highest BCUT2D eigenvalue weighted by Crippen LogP contribution is 2.17. The molecule has 7 heteroatoms. The van der Waals surface area contributed by atoms with E-state index in [9.17, 15) is 0 Å². The van der Waals surface area contributed by atoms with E-state index in [1.54, 1.807) is 0 Å². The summed E-state index contributed by atoms with van der Waals surface area (Å²) in [5, 5.41) is 27.9. The molecule has 7 nitrogen and oxygen atoms in total. The summed E-state index contributed by atoms with van der Waals surface area (Å²) in [5.74, 6) is 0. The van der Waals surface area contributed by atoms with Crippen molar-refractivity contribution >= 4 is 12.3 Å². The molecule has 0 heterocycles. The lowest BCUT2D eigenvalue weighted by Crippen LogP contribution is -2.31. The van der Waals surface area contributed by atoms with E-state index < -0.39 is 12.3 Å². The molecular formula is C10H22O7. The molecule has 0 unspecified atom stereocenters. The SMILES string of the molecule is CC(C)(C)OC(C)(C)C.O=C(O)O.O=C(O)O. The Morgan fingerprint density at radius 3 is 0.824 bits per heavy atom. The van der Waals surface area contributed by atoms with Gasteiger partial charge in [0, 0.05) is 0 Å². The Labute approximate surface area is 101 Å². The second-order valence-corrected chi connectivity index (χ2v) is 4.89. The van der Waals surface area contributed by atoms with Gasteiger partial charge in [0.25, 0.3) is 0 Å². The molecule has 0 amide bonds. The van der Waals surface area contributed by atoms with Crippen LogP contribution in [-0.4, -0.2) is 43.9 Å². The van der Waals surface area contributed by atoms with Gasteiger partial charge in [-0.2, -0.15) is 0 Å². The minimum atomic E-state index is -1.83. The quantitative estimate of drug-likeness (QED) is 0.523. The first-order chi connectivity index (χ1) is 7.17. The van der Waals surface area contributed by atoms with Gasteiger partial charge in [0.2, 0.25) is 0 Å². The summed E-state index contributed by atoms with van der Waals surface area (Å²) >= 11 is 0. The van der Waals surface area contributed by atoms with E-state index in [-0.39, 0.29) is 11.2 Å². The molecule has 0 spiro atoms. The largest absolute Gasteiger partial charge is 0.503 e. The number of carboxylic acid groups (broad SMARTS) is 4. The highest BCUT2D eigenvalue weighted by molar-refractivity contribution is 5.53. The Balaban J connectivity index is -0.000000205. The molecule has 0 aliphatic carbocycles. The maximum Gasteiger partial charge on any atom is 0.503 e. The van der Waals surface area contributed by atoms with Crippen LogP contribution in [-0.2, 0) is 4.74 Å². The van der Waals surface area contributed by atoms with Gasteiger partial charge in [-0.1, -0.05) is 0 Å². The van der Waals surface area contributed by atoms with Crippen molar-refractivity contribution in [2.45, 2.75) is 52.7 Å². The van der Waals surface area contributed by atoms with E-state index in [1.165, 1.54) is 0 Å². The third-order valence-electron chi connectivity index (χ3n) is 0.612. The van der Waals surface area contributed by atoms with Gasteiger partial charge in [-0.25, -0.2) is 9.59 Å². The summed E-state index contributed by atoms with van der Waals surface area (Å²) in [6.45, 7) is 12.4. The van der Waals surface area contributed by atoms with Crippen molar-refractivity contribution < 1.29 is 34.8 Å². The Morgan fingerprint density at radius 1 is 0.706 bits per heavy atom. The Kier molecular flexibility index (Phi) is 10.6. The molecule has 104 valence electrons. The Hall–Kier alpha value is -1.50. The molecule has 17 heavy (non-hydrogen) atoms. The lowest BCUT2D eigenvalue weighted by molar-refractivity contribution is -0.102. The van der Waals surface area contributed by atoms with E-state index >= 15 is 0 Å². The van der Waals surface area contributed by atoms with Crippen LogP contribution in [0.2, 0.25) is 0 Å². The number of carbonyl (C=O) groups is 2. The lowest BCUT2D eigenvalue weighted by Gasteiger charge is -2.30. The maximum absolute atomic E-state index is 8.56. The monoisotopic (exact) mass is 254 g/mol. The van der Waals surface area contributed by atoms with Gasteiger partial charge in [0.15, 0.2) is 0 Å². The van der Waals surface area contributed by atoms with Crippen LogP contribution < -0.4 is 0 Å². The van der Waals surface area contributed by atoms with Crippen LogP contribution >= 0.6 is 0 Å². The summed E-state index contributed by atoms with van der Waals surface area (Å²) in [6, 6.07) is 0. The zero-order valence-electron chi connectivity index (χ0n) is 11.0. The molecule has 0 radical (unpaired) electrons. The fraction of sp³-hybridized carbons (Fsp3) is 0.800. The molecule has 0 saturated heterocycles. The minimum absolute atomic E-state index is 0.0156. The topological polar surface area (TPSA) is 124 Å². The lowest BCUT2D eigenvalue weighted by atomic mass is 10.1. The molecule has 0 rings (SSSR count). The summed E-state index contributed by atoms with van der Waals surface area (Å²) in [5.41, 5.74) is -0.0312. The first-order valence-corrected chi connectivity index (χ1v) is 4.71. The molecule has 0 aromatic rings. The normalized spacial score (nSPS) is 10.2. The Morgan fingerprint density at radius 2 is 0.824 bits per heavy atom. The van der Waals surface area contributed by atoms with Crippen LogP contribution in [0.5, 0.6) is 0 Å². The maximum atomic E-state index is 8.56. The molecular weight excluding hydrogens is 232 g/mol. The third kappa shape index (κ3) is 112. The van der Waals surface area contributed by atoms with Crippen molar-refractivity contribution in [1.82, 2.24) is 0 Å². The van der Waals surface area contributed by atoms with E-state index in [4.69, 9.17) is 34.8 Å². The molecule has 0 bridgehead atoms. The molecule has 0 fully saturated rings. The van der Waals surface area contributed by atoms with Crippen LogP contribution in [0.25, 0.3) is 0 Å². The van der Waals surface area contributed by atoms with Crippen molar-refractivity contribution in [3.8, 4) is 0 Å². The molecule has 0 aromatic carbocycles. The molecule has 4 N–H and O–H groups in total. The summed E-state index contributed by atoms with van der Waals surface area (Å²) in [6.07, 6.45) is -3.67. The van der Waals surface area contributed by atoms with Crippen LogP contribution in [0.1, 0.15) is 41.5 Å². The van der Waals surface area contributed by atoms with Gasteiger partial charge >= 0.3 is 12.3 Å². The van der Waals surface area contributed by atoms with Gasteiger partial charge in [0.05, 0.1) is 11.2 Å². The van der Waals surface area contributed by atoms with Crippen LogP contribution in [0.4, 0.5) is 9.59 Å². The molecule has 0 saturated carbocycles. The second-order valence-electron chi connectivity index (χ2n) is 4.89. The van der Waals surface area contributed by atoms with Crippen LogP contribution in [0.15, 0.2) is 0 Å². The first kappa shape index (κ1) is 20.9. The number of rotatable bonds is 0. The fourth-order valence-electron chi connectivity index (χ4n) is 0.919. The first-order valence-electron chi connectivity index (χ1n) is 4.71. The van der Waals surface area contributed by atoms with E-state index in [2.05, 4.69) is 41.5 Å². The minimum Gasteiger partial charge on any atom is -0.450 e. The fourth-order valence-corrected chi connectivity index (χ4v) is 0.919. The average Bonchev–Trinajstić information content (AvgIpc) is 1.70. The summed E-state index contributed by atoms with van der Waals surface area (Å²) in [7, 11) is 0. The zero-order chi connectivity index (χ0) is 14.9. The summed E-state index contributed by atoms with van der Waals surface area (Å²) < 4.78 is 5.62. The van der Waals surface area contributed by atoms with Gasteiger partial charge in [0.1, 0.15) is 0 Å². The van der Waals surface area contributed by atoms with E-state index in [1.807, 2.05) is 0 Å². The van der Waals surface area contributed by atoms with E-state index in [0.29, 0.717) is 0 Å². The molecule has 0 aliphatic heterocycles. The third-order valence-corrected chi connectivity index (χ3v) is 0.612. The number of ether oxygens (including phenoxy) is 1. The highest BCUT2D eigenvalue weighted by Gasteiger charge is 2.19. The van der Waals surface area contributed by atoms with Gasteiger partial charge in [-0.3, -0.25) is 0 Å². The van der Waals surface area contributed by atoms with E-state index in [0.717, 1.165) is 0 Å². The predicted molar refractivity (Wildman–Crippen MR) is 61.9 cm³/mol. The van der Waals surface area contributed by atoms with Crippen molar-refractivity contribution in [2.75, 3.05) is 0 Å². The van der Waals surface area contributed by atoms with Gasteiger partial charge in [-0.15, -0.1) is 0 Å². The molecule has 0 atom stereocenters. The van der Waals surface area contributed by atoms with Gasteiger partial charge in [-0.05, 0) is 41.5 Å². The molecule has 0 aromatic heterocycles. The van der Waals surface area contributed by atoms with Gasteiger partial charge < -0.3 is 25.2 Å². The number of hydrogen-bond acceptors (Lipinski definition) is 3. The number of hydrogen-bond donors (Lipinski definition) is 4. The summed E-state index contributed by atoms with van der Waals surface area (Å²) in [4.78, 5) is 17.1. The standard InChI is InChI=1S/C8H18O.2CH2O3/c1-7(2,3)9-8(4,5)6;2*2-1(3)4/h1-6H3;2*(H2,2,3,4). The van der Waals surface area contributed by atoms with Crippen molar-refractivity contribution in [3.05, 3.63) is 0 Å². The molecule has 0 aliphatic rings. The predicted octanol–water partition coefficient (Wildman–Crippen LogP) is 3.04.